The number of aromatic nitrogens is 4. The number of nitrogens with two attached hydrogens (primary N) is 1. The van der Waals surface area contributed by atoms with Crippen LogP contribution < -0.4 is 11.3 Å². The number of ether oxygens (including phenoxy) is 1. The van der Waals surface area contributed by atoms with E-state index in [2.05, 4.69) is 29.0 Å². The molecule has 0 saturated carbocycles. The number of halogens is 1. The highest BCUT2D eigenvalue weighted by molar-refractivity contribution is 6.35. The predicted molar refractivity (Wildman–Crippen MR) is 102 cm³/mol. The van der Waals surface area contributed by atoms with Gasteiger partial charge < -0.3 is 10.5 Å². The van der Waals surface area contributed by atoms with Gasteiger partial charge in [-0.2, -0.15) is 5.10 Å². The van der Waals surface area contributed by atoms with Crippen LogP contribution in [-0.4, -0.2) is 25.8 Å². The molecule has 2 aromatic heterocycles. The molecule has 0 aliphatic carbocycles. The smallest absolute Gasteiger partial charge is 0.405 e. The molecule has 27 heavy (non-hydrogen) atoms. The Morgan fingerprint density at radius 3 is 2.78 bits per heavy atom. The van der Waals surface area contributed by atoms with E-state index in [1.54, 1.807) is 31.2 Å². The summed E-state index contributed by atoms with van der Waals surface area (Å²) in [6.07, 6.45) is -1.05. The molecule has 0 saturated heterocycles. The Hall–Kier alpha value is -2.87. The average molecular weight is 390 g/mol. The molecular formula is C18H20ClN5O3. The molecule has 0 aliphatic heterocycles. The molecule has 1 atom stereocenters. The zero-order chi connectivity index (χ0) is 19.7. The van der Waals surface area contributed by atoms with Gasteiger partial charge in [0.15, 0.2) is 17.7 Å². The molecule has 1 unspecified atom stereocenters. The number of carbonyl (C=O) groups is 1. The molecule has 1 amide bonds. The number of fused-ring (bicyclic) bond motifs is 1. The van der Waals surface area contributed by atoms with Crippen LogP contribution in [0.5, 0.6) is 0 Å². The highest BCUT2D eigenvalue weighted by Crippen LogP contribution is 2.24. The van der Waals surface area contributed by atoms with E-state index >= 15 is 0 Å². The molecular weight excluding hydrogens is 370 g/mol. The Labute approximate surface area is 160 Å². The van der Waals surface area contributed by atoms with Crippen LogP contribution in [0.4, 0.5) is 4.79 Å². The summed E-state index contributed by atoms with van der Waals surface area (Å²) in [6.45, 7) is 5.75. The van der Waals surface area contributed by atoms with Gasteiger partial charge in [0, 0.05) is 11.8 Å². The third-order valence-electron chi connectivity index (χ3n) is 4.00. The number of rotatable bonds is 5. The minimum atomic E-state index is -0.961. The molecule has 0 aliphatic rings. The van der Waals surface area contributed by atoms with Crippen molar-refractivity contribution in [1.29, 1.82) is 0 Å². The summed E-state index contributed by atoms with van der Waals surface area (Å²) in [6, 6.07) is 6.75. The number of carbonyl (C=O) groups excluding carboxylic acids is 1. The van der Waals surface area contributed by atoms with Gasteiger partial charge in [-0.1, -0.05) is 31.5 Å². The van der Waals surface area contributed by atoms with E-state index in [1.165, 1.54) is 4.57 Å². The Kier molecular flexibility index (Phi) is 5.18. The average Bonchev–Trinajstić information content (AvgIpc) is 3.01. The van der Waals surface area contributed by atoms with Crippen molar-refractivity contribution in [3.63, 3.8) is 0 Å². The molecule has 1 aromatic carbocycles. The van der Waals surface area contributed by atoms with Crippen LogP contribution in [0.1, 0.15) is 38.4 Å². The van der Waals surface area contributed by atoms with E-state index in [4.69, 9.17) is 22.1 Å². The number of benzene rings is 1. The molecule has 142 valence electrons. The molecule has 2 heterocycles. The number of H-pyrrole nitrogens is 1. The van der Waals surface area contributed by atoms with Crippen molar-refractivity contribution in [2.45, 2.75) is 33.3 Å². The summed E-state index contributed by atoms with van der Waals surface area (Å²) in [4.78, 5) is 28.9. The number of nitrogens with one attached hydrogen (secondary N) is 1. The number of nitrogens with zero attached hydrogens (tertiary/aromatic N) is 3. The third kappa shape index (κ3) is 3.80. The minimum absolute atomic E-state index is 0.205. The predicted octanol–water partition coefficient (Wildman–Crippen LogP) is 3.12. The first-order valence-electron chi connectivity index (χ1n) is 8.49. The van der Waals surface area contributed by atoms with Crippen molar-refractivity contribution >= 4 is 28.6 Å². The maximum atomic E-state index is 13.2. The minimum Gasteiger partial charge on any atom is -0.439 e. The topological polar surface area (TPSA) is 116 Å². The zero-order valence-electron chi connectivity index (χ0n) is 15.2. The molecule has 8 nitrogen and oxygen atoms in total. The van der Waals surface area contributed by atoms with Gasteiger partial charge in [-0.25, -0.2) is 14.3 Å². The lowest BCUT2D eigenvalue weighted by molar-refractivity contribution is 0.110. The van der Waals surface area contributed by atoms with E-state index in [-0.39, 0.29) is 16.2 Å². The largest absolute Gasteiger partial charge is 0.439 e. The summed E-state index contributed by atoms with van der Waals surface area (Å²) >= 11 is 6.23. The van der Waals surface area contributed by atoms with Gasteiger partial charge >= 0.3 is 6.09 Å². The Morgan fingerprint density at radius 1 is 1.37 bits per heavy atom. The second-order valence-corrected chi connectivity index (χ2v) is 7.08. The van der Waals surface area contributed by atoms with Gasteiger partial charge in [-0.15, -0.1) is 0 Å². The van der Waals surface area contributed by atoms with Crippen molar-refractivity contribution in [1.82, 2.24) is 19.7 Å². The van der Waals surface area contributed by atoms with E-state index in [9.17, 15) is 9.59 Å². The van der Waals surface area contributed by atoms with Crippen molar-refractivity contribution in [3.8, 4) is 5.82 Å². The molecule has 9 heteroatoms. The first-order chi connectivity index (χ1) is 12.8. The van der Waals surface area contributed by atoms with Crippen LogP contribution in [0.3, 0.4) is 0 Å². The van der Waals surface area contributed by atoms with Crippen molar-refractivity contribution in [2.75, 3.05) is 0 Å². The van der Waals surface area contributed by atoms with E-state index in [0.29, 0.717) is 17.3 Å². The maximum absolute atomic E-state index is 13.2. The monoisotopic (exact) mass is 389 g/mol. The Morgan fingerprint density at radius 2 is 2.11 bits per heavy atom. The standard InChI is InChI=1S/C18H20ClN5O3/c1-9(2)7-11-8-14(23-22-11)24-16(10(3)27-18(20)26)21-13-6-4-5-12(19)15(13)17(24)25/h4-6,8-10H,7H2,1-3H3,(H2,20,26)(H,22,23). The summed E-state index contributed by atoms with van der Waals surface area (Å²) in [5.74, 6) is 0.965. The summed E-state index contributed by atoms with van der Waals surface area (Å²) in [7, 11) is 0. The van der Waals surface area contributed by atoms with Gasteiger partial charge in [0.2, 0.25) is 0 Å². The Balaban J connectivity index is 2.26. The lowest BCUT2D eigenvalue weighted by Crippen LogP contribution is -2.28. The molecule has 0 radical (unpaired) electrons. The van der Waals surface area contributed by atoms with Crippen molar-refractivity contribution in [2.24, 2.45) is 11.7 Å². The molecule has 0 spiro atoms. The molecule has 0 fully saturated rings. The SMILES string of the molecule is CC(C)Cc1cc(-n2c(C(C)OC(N)=O)nc3cccc(Cl)c3c2=O)n[nH]1. The highest BCUT2D eigenvalue weighted by atomic mass is 35.5. The van der Waals surface area contributed by atoms with E-state index < -0.39 is 17.8 Å². The van der Waals surface area contributed by atoms with Crippen molar-refractivity contribution in [3.05, 3.63) is 51.2 Å². The number of hydrogen-bond donors (Lipinski definition) is 2. The quantitative estimate of drug-likeness (QED) is 0.695. The van der Waals surface area contributed by atoms with Crippen LogP contribution in [0.25, 0.3) is 16.7 Å². The Bertz CT molecular complexity index is 1060. The summed E-state index contributed by atoms with van der Waals surface area (Å²) in [5.41, 5.74) is 6.01. The van der Waals surface area contributed by atoms with Gasteiger partial charge in [0.25, 0.3) is 5.56 Å². The lowest BCUT2D eigenvalue weighted by atomic mass is 10.1. The van der Waals surface area contributed by atoms with Gasteiger partial charge in [-0.3, -0.25) is 9.89 Å². The fourth-order valence-electron chi connectivity index (χ4n) is 2.94. The van der Waals surface area contributed by atoms with Crippen LogP contribution in [0.15, 0.2) is 29.1 Å². The van der Waals surface area contributed by atoms with E-state index in [1.807, 2.05) is 0 Å². The lowest BCUT2D eigenvalue weighted by Gasteiger charge is -2.17. The molecule has 3 aromatic rings. The fraction of sp³-hybridized carbons (Fsp3) is 0.333. The normalized spacial score (nSPS) is 12.5. The number of amides is 1. The second kappa shape index (κ2) is 7.40. The summed E-state index contributed by atoms with van der Waals surface area (Å²) in [5, 5.41) is 7.72. The van der Waals surface area contributed by atoms with Gasteiger partial charge in [-0.05, 0) is 31.4 Å². The van der Waals surface area contributed by atoms with Crippen LogP contribution in [0.2, 0.25) is 5.02 Å². The molecule has 3 N–H and O–H groups in total. The number of hydrogen-bond acceptors (Lipinski definition) is 5. The second-order valence-electron chi connectivity index (χ2n) is 6.67. The molecule has 0 bridgehead atoms. The number of primary amides is 1. The number of aromatic amines is 1. The third-order valence-corrected chi connectivity index (χ3v) is 4.32. The van der Waals surface area contributed by atoms with Gasteiger partial charge in [0.1, 0.15) is 0 Å². The van der Waals surface area contributed by atoms with Gasteiger partial charge in [0.05, 0.1) is 15.9 Å². The van der Waals surface area contributed by atoms with Crippen LogP contribution >= 0.6 is 11.6 Å². The highest BCUT2D eigenvalue weighted by Gasteiger charge is 2.22. The van der Waals surface area contributed by atoms with E-state index in [0.717, 1.165) is 12.1 Å². The maximum Gasteiger partial charge on any atom is 0.405 e. The zero-order valence-corrected chi connectivity index (χ0v) is 15.9. The first kappa shape index (κ1) is 18.9. The fourth-order valence-corrected chi connectivity index (χ4v) is 3.19. The molecule has 3 rings (SSSR count). The summed E-state index contributed by atoms with van der Waals surface area (Å²) < 4.78 is 6.34. The van der Waals surface area contributed by atoms with Crippen LogP contribution in [0, 0.1) is 5.92 Å². The first-order valence-corrected chi connectivity index (χ1v) is 8.87. The van der Waals surface area contributed by atoms with Crippen molar-refractivity contribution < 1.29 is 9.53 Å². The van der Waals surface area contributed by atoms with Crippen LogP contribution in [-0.2, 0) is 11.2 Å².